The number of unbranched alkanes of at least 4 members (excludes halogenated alkanes) is 21. The molecule has 0 saturated heterocycles. The van der Waals surface area contributed by atoms with Gasteiger partial charge in [0.05, 0.1) is 6.61 Å². The lowest BCUT2D eigenvalue weighted by Gasteiger charge is -2.44. The van der Waals surface area contributed by atoms with Crippen LogP contribution in [0.25, 0.3) is 0 Å². The van der Waals surface area contributed by atoms with E-state index in [1.54, 1.807) is 0 Å². The van der Waals surface area contributed by atoms with Crippen LogP contribution < -0.4 is 0 Å². The highest BCUT2D eigenvalue weighted by Gasteiger charge is 2.56. The van der Waals surface area contributed by atoms with Crippen LogP contribution in [-0.4, -0.2) is 108 Å². The molecule has 0 aromatic heterocycles. The Kier molecular flexibility index (Phi) is 36.9. The van der Waals surface area contributed by atoms with E-state index in [-0.39, 0.29) is 12.8 Å². The molecule has 0 heterocycles. The lowest BCUT2D eigenvalue weighted by atomic mass is 9.85. The van der Waals surface area contributed by atoms with E-state index in [1.807, 2.05) is 0 Å². The molecule has 0 aromatic rings. The molecule has 19 nitrogen and oxygen atoms in total. The number of aliphatic hydroxyl groups excluding tert-OH is 3. The summed E-state index contributed by atoms with van der Waals surface area (Å²) in [5, 5.41) is 31.9. The average molecular weight is 1050 g/mol. The molecule has 0 aromatic carbocycles. The van der Waals surface area contributed by atoms with Gasteiger partial charge in [0.2, 0.25) is 0 Å². The highest BCUT2D eigenvalue weighted by atomic mass is 31.2. The summed E-state index contributed by atoms with van der Waals surface area (Å²) in [7, 11) is -16.6. The van der Waals surface area contributed by atoms with Crippen molar-refractivity contribution in [2.45, 2.75) is 236 Å². The molecule has 404 valence electrons. The third-order valence-electron chi connectivity index (χ3n) is 11.4. The molecule has 1 fully saturated rings. The van der Waals surface area contributed by atoms with E-state index in [1.165, 1.54) is 83.5 Å². The first kappa shape index (κ1) is 65.4. The molecule has 0 radical (unpaired) electrons. The number of rotatable bonds is 43. The van der Waals surface area contributed by atoms with Gasteiger partial charge in [0.1, 0.15) is 43.2 Å². The van der Waals surface area contributed by atoms with E-state index in [0.29, 0.717) is 19.3 Å². The number of esters is 2. The largest absolute Gasteiger partial charge is 0.472 e. The SMILES string of the molecule is CCCCCC=CCC=CCC=CCCCCCCC(=O)OC(COC(=O)CCCCCCCCCCCCCCCCC)COP(=O)(O)OC1C(O)C(O)C(OP(=O)(O)O)C(OP(=O)(O)O)C1O. The Morgan fingerprint density at radius 3 is 1.32 bits per heavy atom. The average Bonchev–Trinajstić information content (AvgIpc) is 3.28. The maximum Gasteiger partial charge on any atom is 0.472 e. The second-order valence-corrected chi connectivity index (χ2v) is 21.5. The van der Waals surface area contributed by atoms with Crippen LogP contribution in [0.3, 0.4) is 0 Å². The van der Waals surface area contributed by atoms with Gasteiger partial charge in [0.15, 0.2) is 6.10 Å². The predicted octanol–water partition coefficient (Wildman–Crippen LogP) is 9.63. The summed E-state index contributed by atoms with van der Waals surface area (Å²) in [5.41, 5.74) is 0. The van der Waals surface area contributed by atoms with Crippen LogP contribution in [0.2, 0.25) is 0 Å². The summed E-state index contributed by atoms with van der Waals surface area (Å²) in [6, 6.07) is 0. The molecule has 8 N–H and O–H groups in total. The Morgan fingerprint density at radius 2 is 0.841 bits per heavy atom. The Morgan fingerprint density at radius 1 is 0.464 bits per heavy atom. The van der Waals surface area contributed by atoms with Crippen molar-refractivity contribution in [3.63, 3.8) is 0 Å². The maximum absolute atomic E-state index is 13.1. The van der Waals surface area contributed by atoms with Gasteiger partial charge in [-0.15, -0.1) is 0 Å². The number of phosphoric acid groups is 3. The highest BCUT2D eigenvalue weighted by Crippen LogP contribution is 2.51. The van der Waals surface area contributed by atoms with Crippen molar-refractivity contribution in [2.24, 2.45) is 0 Å². The highest BCUT2D eigenvalue weighted by molar-refractivity contribution is 7.47. The van der Waals surface area contributed by atoms with Gasteiger partial charge in [-0.25, -0.2) is 13.7 Å². The topological polar surface area (TPSA) is 303 Å². The first-order chi connectivity index (χ1) is 32.8. The molecule has 8 unspecified atom stereocenters. The minimum atomic E-state index is -5.60. The summed E-state index contributed by atoms with van der Waals surface area (Å²) >= 11 is 0. The van der Waals surface area contributed by atoms with Crippen LogP contribution in [-0.2, 0) is 50.9 Å². The Labute approximate surface area is 410 Å². The number of hydrogen-bond donors (Lipinski definition) is 8. The fraction of sp³-hybridized carbons (Fsp3) is 0.830. The number of ether oxygens (including phenoxy) is 2. The van der Waals surface area contributed by atoms with Crippen LogP contribution in [0, 0.1) is 0 Å². The molecule has 0 aliphatic heterocycles. The molecule has 1 saturated carbocycles. The number of carbonyl (C=O) groups excluding carboxylic acids is 2. The maximum atomic E-state index is 13.1. The summed E-state index contributed by atoms with van der Waals surface area (Å²) in [6.45, 7) is 2.92. The molecular formula is C47H87O19P3. The molecular weight excluding hydrogens is 961 g/mol. The number of hydrogen-bond acceptors (Lipinski definition) is 14. The number of allylic oxidation sites excluding steroid dienone is 6. The number of carbonyl (C=O) groups is 2. The van der Waals surface area contributed by atoms with Crippen molar-refractivity contribution in [1.82, 2.24) is 0 Å². The van der Waals surface area contributed by atoms with Gasteiger partial charge in [-0.3, -0.25) is 27.7 Å². The van der Waals surface area contributed by atoms with Crippen molar-refractivity contribution < 1.29 is 90.6 Å². The van der Waals surface area contributed by atoms with Gasteiger partial charge < -0.3 is 49.3 Å². The monoisotopic (exact) mass is 1050 g/mol. The van der Waals surface area contributed by atoms with E-state index < -0.39 is 91.3 Å². The van der Waals surface area contributed by atoms with Crippen LogP contribution in [0.5, 0.6) is 0 Å². The van der Waals surface area contributed by atoms with Crippen LogP contribution in [0.1, 0.15) is 194 Å². The summed E-state index contributed by atoms with van der Waals surface area (Å²) in [6.07, 6.45) is 24.3. The Bertz CT molecular complexity index is 1580. The summed E-state index contributed by atoms with van der Waals surface area (Å²) < 4.78 is 65.5. The first-order valence-electron chi connectivity index (χ1n) is 25.3. The van der Waals surface area contributed by atoms with Crippen molar-refractivity contribution in [1.29, 1.82) is 0 Å². The Balaban J connectivity index is 2.72. The van der Waals surface area contributed by atoms with Gasteiger partial charge in [0.25, 0.3) is 0 Å². The minimum Gasteiger partial charge on any atom is -0.462 e. The molecule has 1 rings (SSSR count). The van der Waals surface area contributed by atoms with Crippen LogP contribution >= 0.6 is 23.5 Å². The zero-order valence-corrected chi connectivity index (χ0v) is 43.8. The third-order valence-corrected chi connectivity index (χ3v) is 13.5. The van der Waals surface area contributed by atoms with E-state index in [0.717, 1.165) is 64.2 Å². The quantitative estimate of drug-likeness (QED) is 0.0122. The molecule has 1 aliphatic carbocycles. The number of aliphatic hydroxyl groups is 3. The lowest BCUT2D eigenvalue weighted by Crippen LogP contribution is -2.65. The zero-order chi connectivity index (χ0) is 51.4. The van der Waals surface area contributed by atoms with E-state index >= 15 is 0 Å². The smallest absolute Gasteiger partial charge is 0.462 e. The van der Waals surface area contributed by atoms with Crippen molar-refractivity contribution in [3.8, 4) is 0 Å². The second-order valence-electron chi connectivity index (χ2n) is 17.8. The van der Waals surface area contributed by atoms with Gasteiger partial charge in [0, 0.05) is 12.8 Å². The number of phosphoric ester groups is 3. The summed E-state index contributed by atoms with van der Waals surface area (Å²) in [5.74, 6) is -1.32. The minimum absolute atomic E-state index is 0.0261. The normalized spacial score (nSPS) is 21.6. The van der Waals surface area contributed by atoms with Crippen LogP contribution in [0.4, 0.5) is 0 Å². The predicted molar refractivity (Wildman–Crippen MR) is 261 cm³/mol. The molecule has 0 amide bonds. The van der Waals surface area contributed by atoms with Gasteiger partial charge >= 0.3 is 35.4 Å². The molecule has 1 aliphatic rings. The third kappa shape index (κ3) is 35.2. The van der Waals surface area contributed by atoms with E-state index in [4.69, 9.17) is 18.5 Å². The molecule has 0 spiro atoms. The fourth-order valence-corrected chi connectivity index (χ4v) is 9.75. The standard InChI is InChI=1S/C47H87O19P3/c1-3-5-7-9-11-13-15-17-19-20-22-24-26-28-30-32-34-36-41(49)63-39(37-61-40(48)35-33-31-29-27-25-23-21-18-16-14-12-10-8-6-4-2)38-62-69(59,60)66-45-42(50)43(51)46(64-67(53,54)55)47(44(45)52)65-68(56,57)58/h11,13,17,19,22,24,39,42-47,50-52H,3-10,12,14-16,18,20-21,23,25-38H2,1-2H3,(H,59,60)(H2,53,54,55)(H2,56,57,58). The lowest BCUT2D eigenvalue weighted by molar-refractivity contribution is -0.213. The van der Waals surface area contributed by atoms with E-state index in [9.17, 15) is 63.1 Å². The van der Waals surface area contributed by atoms with Gasteiger partial charge in [-0.2, -0.15) is 0 Å². The molecule has 69 heavy (non-hydrogen) atoms. The molecule has 8 atom stereocenters. The van der Waals surface area contributed by atoms with Gasteiger partial charge in [-0.1, -0.05) is 166 Å². The molecule has 0 bridgehead atoms. The first-order valence-corrected chi connectivity index (χ1v) is 29.8. The van der Waals surface area contributed by atoms with Crippen LogP contribution in [0.15, 0.2) is 36.5 Å². The zero-order valence-electron chi connectivity index (χ0n) is 41.1. The van der Waals surface area contributed by atoms with Crippen molar-refractivity contribution in [2.75, 3.05) is 13.2 Å². The van der Waals surface area contributed by atoms with Gasteiger partial charge in [-0.05, 0) is 51.4 Å². The van der Waals surface area contributed by atoms with Crippen molar-refractivity contribution in [3.05, 3.63) is 36.5 Å². The second kappa shape index (κ2) is 38.9. The van der Waals surface area contributed by atoms with Crippen molar-refractivity contribution >= 4 is 35.4 Å². The summed E-state index contributed by atoms with van der Waals surface area (Å²) in [4.78, 5) is 73.3. The van der Waals surface area contributed by atoms with E-state index in [2.05, 4.69) is 59.4 Å². The Hall–Kier alpha value is -1.63. The fourth-order valence-electron chi connectivity index (χ4n) is 7.65. The molecule has 22 heteroatoms.